The van der Waals surface area contributed by atoms with Gasteiger partial charge in [0.15, 0.2) is 0 Å². The van der Waals surface area contributed by atoms with Crippen LogP contribution in [0.2, 0.25) is 0 Å². The van der Waals surface area contributed by atoms with Gasteiger partial charge in [0.25, 0.3) is 0 Å². The van der Waals surface area contributed by atoms with Crippen LogP contribution in [0.5, 0.6) is 0 Å². The van der Waals surface area contributed by atoms with Gasteiger partial charge in [-0.25, -0.2) is 0 Å². The molecule has 4 heteroatoms. The minimum Gasteiger partial charge on any atom is -0.199 e. The van der Waals surface area contributed by atoms with Crippen molar-refractivity contribution < 1.29 is 26.2 Å². The van der Waals surface area contributed by atoms with E-state index in [9.17, 15) is 0 Å². The maximum Gasteiger partial charge on any atom is 0 e. The molecule has 0 heterocycles. The van der Waals surface area contributed by atoms with Crippen molar-refractivity contribution in [3.05, 3.63) is 42.8 Å². The van der Waals surface area contributed by atoms with Crippen LogP contribution in [0.1, 0.15) is 5.56 Å². The quantitative estimate of drug-likeness (QED) is 0.644. The molecular formula is C7H10Cl3Zr-. The van der Waals surface area contributed by atoms with Crippen LogP contribution in [-0.4, -0.2) is 0 Å². The third-order valence-electron chi connectivity index (χ3n) is 0.843. The van der Waals surface area contributed by atoms with E-state index in [-0.39, 0.29) is 63.4 Å². The van der Waals surface area contributed by atoms with Crippen LogP contribution in [0.4, 0.5) is 0 Å². The standard InChI is InChI=1S/C7H7.3ClH.Zr/c1-7-5-3-2-4-6-7;;;;/h2-6H,1H2;3*1H;/q-1;;;;. The molecule has 0 aliphatic heterocycles. The molecule has 0 aliphatic rings. The molecule has 11 heavy (non-hydrogen) atoms. The van der Waals surface area contributed by atoms with E-state index in [1.165, 1.54) is 0 Å². The molecule has 0 fully saturated rings. The molecule has 0 radical (unpaired) electrons. The molecule has 0 atom stereocenters. The van der Waals surface area contributed by atoms with Crippen molar-refractivity contribution in [3.8, 4) is 0 Å². The van der Waals surface area contributed by atoms with E-state index < -0.39 is 0 Å². The van der Waals surface area contributed by atoms with Crippen LogP contribution >= 0.6 is 37.2 Å². The van der Waals surface area contributed by atoms with Gasteiger partial charge in [-0.05, 0) is 0 Å². The smallest absolute Gasteiger partial charge is 0 e. The van der Waals surface area contributed by atoms with Gasteiger partial charge in [-0.2, -0.15) is 24.6 Å². The van der Waals surface area contributed by atoms with Crippen LogP contribution < -0.4 is 0 Å². The molecule has 0 spiro atoms. The zero-order valence-electron chi connectivity index (χ0n) is 5.82. The molecule has 0 nitrogen and oxygen atoms in total. The number of hydrogen-bond acceptors (Lipinski definition) is 0. The molecule has 1 aromatic carbocycles. The first-order valence-corrected chi connectivity index (χ1v) is 2.26. The summed E-state index contributed by atoms with van der Waals surface area (Å²) in [6.45, 7) is 3.72. The average molecular weight is 292 g/mol. The van der Waals surface area contributed by atoms with Crippen LogP contribution in [0.3, 0.4) is 0 Å². The molecule has 1 aromatic rings. The van der Waals surface area contributed by atoms with Gasteiger partial charge < -0.3 is 0 Å². The molecule has 0 saturated heterocycles. The van der Waals surface area contributed by atoms with E-state index in [4.69, 9.17) is 0 Å². The second-order valence-corrected chi connectivity index (χ2v) is 1.49. The Morgan fingerprint density at radius 3 is 1.36 bits per heavy atom. The van der Waals surface area contributed by atoms with E-state index in [1.54, 1.807) is 0 Å². The summed E-state index contributed by atoms with van der Waals surface area (Å²) >= 11 is 0. The fourth-order valence-electron chi connectivity index (χ4n) is 0.478. The molecule has 0 aromatic heterocycles. The molecule has 0 unspecified atom stereocenters. The fourth-order valence-corrected chi connectivity index (χ4v) is 0.478. The fraction of sp³-hybridized carbons (Fsp3) is 0. The van der Waals surface area contributed by atoms with Crippen LogP contribution in [0.25, 0.3) is 0 Å². The Morgan fingerprint density at radius 1 is 0.818 bits per heavy atom. The van der Waals surface area contributed by atoms with Gasteiger partial charge in [0.05, 0.1) is 0 Å². The van der Waals surface area contributed by atoms with E-state index >= 15 is 0 Å². The first kappa shape index (κ1) is 22.6. The molecule has 0 amide bonds. The van der Waals surface area contributed by atoms with Crippen molar-refractivity contribution in [3.63, 3.8) is 0 Å². The third-order valence-corrected chi connectivity index (χ3v) is 0.843. The summed E-state index contributed by atoms with van der Waals surface area (Å²) < 4.78 is 0. The van der Waals surface area contributed by atoms with Crippen molar-refractivity contribution in [1.29, 1.82) is 0 Å². The summed E-state index contributed by atoms with van der Waals surface area (Å²) in [5, 5.41) is 0. The Labute approximate surface area is 106 Å². The van der Waals surface area contributed by atoms with Crippen LogP contribution in [0, 0.1) is 6.92 Å². The van der Waals surface area contributed by atoms with Gasteiger partial charge in [-0.15, -0.1) is 49.4 Å². The molecule has 0 aliphatic carbocycles. The Hall–Kier alpha value is 0.843. The first-order valence-electron chi connectivity index (χ1n) is 2.26. The summed E-state index contributed by atoms with van der Waals surface area (Å²) in [7, 11) is 0. The van der Waals surface area contributed by atoms with Crippen molar-refractivity contribution in [2.24, 2.45) is 0 Å². The molecule has 0 N–H and O–H groups in total. The number of halogens is 3. The Kier molecular flexibility index (Phi) is 27.6. The predicted octanol–water partition coefficient (Wildman–Crippen LogP) is 3.13. The monoisotopic (exact) mass is 289 g/mol. The summed E-state index contributed by atoms with van der Waals surface area (Å²) in [5.41, 5.74) is 1.07. The van der Waals surface area contributed by atoms with Gasteiger partial charge in [-0.1, -0.05) is 6.07 Å². The van der Waals surface area contributed by atoms with Crippen LogP contribution in [-0.2, 0) is 26.2 Å². The third kappa shape index (κ3) is 10.8. The number of rotatable bonds is 0. The zero-order valence-corrected chi connectivity index (χ0v) is 10.7. The van der Waals surface area contributed by atoms with Gasteiger partial charge in [0.2, 0.25) is 0 Å². The summed E-state index contributed by atoms with van der Waals surface area (Å²) in [6, 6.07) is 9.87. The summed E-state index contributed by atoms with van der Waals surface area (Å²) in [4.78, 5) is 0. The van der Waals surface area contributed by atoms with Gasteiger partial charge in [0, 0.05) is 26.2 Å². The molecule has 0 bridgehead atoms. The van der Waals surface area contributed by atoms with Crippen molar-refractivity contribution in [2.75, 3.05) is 0 Å². The number of hydrogen-bond donors (Lipinski definition) is 0. The van der Waals surface area contributed by atoms with Gasteiger partial charge in [-0.3, -0.25) is 0 Å². The minimum atomic E-state index is 0. The molecule has 64 valence electrons. The SMILES string of the molecule is Cl.Cl.Cl.[CH2-]c1ccccc1.[Zr]. The predicted molar refractivity (Wildman–Crippen MR) is 52.6 cm³/mol. The second-order valence-electron chi connectivity index (χ2n) is 1.49. The van der Waals surface area contributed by atoms with E-state index in [0.29, 0.717) is 0 Å². The molecular weight excluding hydrogens is 282 g/mol. The maximum absolute atomic E-state index is 3.72. The summed E-state index contributed by atoms with van der Waals surface area (Å²) in [6.07, 6.45) is 0. The van der Waals surface area contributed by atoms with Gasteiger partial charge in [0.1, 0.15) is 0 Å². The largest absolute Gasteiger partial charge is 0.199 e. The van der Waals surface area contributed by atoms with E-state index in [0.717, 1.165) is 5.56 Å². The molecule has 1 rings (SSSR count). The van der Waals surface area contributed by atoms with Crippen molar-refractivity contribution in [2.45, 2.75) is 0 Å². The van der Waals surface area contributed by atoms with Crippen molar-refractivity contribution >= 4 is 37.2 Å². The maximum atomic E-state index is 3.72. The van der Waals surface area contributed by atoms with Crippen molar-refractivity contribution in [1.82, 2.24) is 0 Å². The Bertz CT molecular complexity index is 144. The molecule has 0 saturated carbocycles. The van der Waals surface area contributed by atoms with E-state index in [2.05, 4.69) is 6.92 Å². The van der Waals surface area contributed by atoms with Crippen LogP contribution in [0.15, 0.2) is 30.3 Å². The Balaban J connectivity index is -0.0000000612. The topological polar surface area (TPSA) is 0 Å². The summed E-state index contributed by atoms with van der Waals surface area (Å²) in [5.74, 6) is 0. The van der Waals surface area contributed by atoms with Gasteiger partial charge >= 0.3 is 0 Å². The van der Waals surface area contributed by atoms with E-state index in [1.807, 2.05) is 30.3 Å². The minimum absolute atomic E-state index is 0. The second kappa shape index (κ2) is 13.4. The number of benzene rings is 1. The normalized spacial score (nSPS) is 5.45. The Morgan fingerprint density at radius 2 is 1.18 bits per heavy atom. The first-order chi connectivity index (χ1) is 3.39. The zero-order chi connectivity index (χ0) is 5.11. The average Bonchev–Trinajstić information content (AvgIpc) is 1.69.